The topological polar surface area (TPSA) is 66.4 Å². The van der Waals surface area contributed by atoms with E-state index in [0.29, 0.717) is 15.7 Å². The molecule has 0 heterocycles. The standard InChI is InChI=1S/C13H11BrFNO3S/c14-10-3-6-13(12(15)7-10)20(18,19)16-11-4-1-9(8-17)2-5-11/h1-7,16-17H,8H2. The van der Waals surface area contributed by atoms with E-state index in [-0.39, 0.29) is 6.61 Å². The molecule has 0 fully saturated rings. The maximum atomic E-state index is 13.7. The van der Waals surface area contributed by atoms with Gasteiger partial charge in [-0.3, -0.25) is 4.72 Å². The van der Waals surface area contributed by atoms with Gasteiger partial charge < -0.3 is 5.11 Å². The van der Waals surface area contributed by atoms with Crippen LogP contribution in [0.1, 0.15) is 5.56 Å². The van der Waals surface area contributed by atoms with E-state index in [0.717, 1.165) is 6.07 Å². The fourth-order valence-electron chi connectivity index (χ4n) is 1.58. The molecule has 0 spiro atoms. The monoisotopic (exact) mass is 359 g/mol. The number of nitrogens with one attached hydrogen (secondary N) is 1. The summed E-state index contributed by atoms with van der Waals surface area (Å²) in [4.78, 5) is -0.424. The molecule has 0 saturated heterocycles. The molecule has 0 bridgehead atoms. The van der Waals surface area contributed by atoms with Crippen LogP contribution in [0.2, 0.25) is 0 Å². The summed E-state index contributed by atoms with van der Waals surface area (Å²) in [5, 5.41) is 8.91. The van der Waals surface area contributed by atoms with Gasteiger partial charge in [-0.15, -0.1) is 0 Å². The minimum atomic E-state index is -3.99. The highest BCUT2D eigenvalue weighted by molar-refractivity contribution is 9.10. The third kappa shape index (κ3) is 3.36. The van der Waals surface area contributed by atoms with Gasteiger partial charge in [0.1, 0.15) is 10.7 Å². The lowest BCUT2D eigenvalue weighted by Gasteiger charge is -2.09. The molecule has 2 N–H and O–H groups in total. The van der Waals surface area contributed by atoms with Crippen molar-refractivity contribution in [2.75, 3.05) is 4.72 Å². The molecule has 0 aliphatic heterocycles. The van der Waals surface area contributed by atoms with Crippen molar-refractivity contribution in [1.82, 2.24) is 0 Å². The van der Waals surface area contributed by atoms with Crippen LogP contribution in [0.5, 0.6) is 0 Å². The van der Waals surface area contributed by atoms with Gasteiger partial charge in [0.05, 0.1) is 6.61 Å². The van der Waals surface area contributed by atoms with Crippen LogP contribution in [0.4, 0.5) is 10.1 Å². The highest BCUT2D eigenvalue weighted by atomic mass is 79.9. The minimum absolute atomic E-state index is 0.131. The Kier molecular flexibility index (Phi) is 4.42. The second kappa shape index (κ2) is 5.90. The SMILES string of the molecule is O=S(=O)(Nc1ccc(CO)cc1)c1ccc(Br)cc1F. The van der Waals surface area contributed by atoms with Crippen LogP contribution in [-0.4, -0.2) is 13.5 Å². The first-order chi connectivity index (χ1) is 9.42. The van der Waals surface area contributed by atoms with E-state index < -0.39 is 20.7 Å². The molecule has 2 rings (SSSR count). The molecule has 0 aliphatic rings. The van der Waals surface area contributed by atoms with Crippen molar-refractivity contribution in [3.8, 4) is 0 Å². The van der Waals surface area contributed by atoms with Crippen LogP contribution in [0.25, 0.3) is 0 Å². The van der Waals surface area contributed by atoms with Crippen molar-refractivity contribution in [2.45, 2.75) is 11.5 Å². The molecule has 106 valence electrons. The first kappa shape index (κ1) is 15.0. The first-order valence-corrected chi connectivity index (χ1v) is 7.87. The van der Waals surface area contributed by atoms with E-state index >= 15 is 0 Å². The van der Waals surface area contributed by atoms with Gasteiger partial charge in [0, 0.05) is 10.2 Å². The van der Waals surface area contributed by atoms with Crippen LogP contribution in [0.3, 0.4) is 0 Å². The third-order valence-electron chi connectivity index (χ3n) is 2.57. The van der Waals surface area contributed by atoms with Crippen LogP contribution >= 0.6 is 15.9 Å². The van der Waals surface area contributed by atoms with Gasteiger partial charge in [-0.2, -0.15) is 0 Å². The van der Waals surface area contributed by atoms with Crippen LogP contribution in [0.15, 0.2) is 51.8 Å². The third-order valence-corrected chi connectivity index (χ3v) is 4.48. The Labute approximate surface area is 124 Å². The van der Waals surface area contributed by atoms with Crippen molar-refractivity contribution in [1.29, 1.82) is 0 Å². The number of aliphatic hydroxyl groups is 1. The second-order valence-electron chi connectivity index (χ2n) is 4.04. The first-order valence-electron chi connectivity index (χ1n) is 5.60. The molecule has 2 aromatic carbocycles. The average Bonchev–Trinajstić information content (AvgIpc) is 2.38. The maximum Gasteiger partial charge on any atom is 0.264 e. The second-order valence-corrected chi connectivity index (χ2v) is 6.60. The van der Waals surface area contributed by atoms with Gasteiger partial charge in [-0.05, 0) is 35.9 Å². The summed E-state index contributed by atoms with van der Waals surface area (Å²) < 4.78 is 40.6. The Hall–Kier alpha value is -1.44. The number of hydrogen-bond acceptors (Lipinski definition) is 3. The van der Waals surface area contributed by atoms with E-state index in [9.17, 15) is 12.8 Å². The molecule has 4 nitrogen and oxygen atoms in total. The average molecular weight is 360 g/mol. The molecular weight excluding hydrogens is 349 g/mol. The van der Waals surface area contributed by atoms with Gasteiger partial charge in [0.25, 0.3) is 10.0 Å². The summed E-state index contributed by atoms with van der Waals surface area (Å²) in [5.74, 6) is -0.834. The predicted molar refractivity (Wildman–Crippen MR) is 77.3 cm³/mol. The molecule has 0 unspecified atom stereocenters. The lowest BCUT2D eigenvalue weighted by atomic mass is 10.2. The van der Waals surface area contributed by atoms with Crippen LogP contribution in [-0.2, 0) is 16.6 Å². The zero-order valence-corrected chi connectivity index (χ0v) is 12.6. The van der Waals surface area contributed by atoms with E-state index in [4.69, 9.17) is 5.11 Å². The largest absolute Gasteiger partial charge is 0.392 e. The molecule has 0 atom stereocenters. The van der Waals surface area contributed by atoms with Gasteiger partial charge in [-0.25, -0.2) is 12.8 Å². The maximum absolute atomic E-state index is 13.7. The number of aliphatic hydroxyl groups excluding tert-OH is 1. The Balaban J connectivity index is 2.30. The number of anilines is 1. The van der Waals surface area contributed by atoms with Gasteiger partial charge >= 0.3 is 0 Å². The Morgan fingerprint density at radius 2 is 1.80 bits per heavy atom. The number of rotatable bonds is 4. The van der Waals surface area contributed by atoms with Gasteiger partial charge in [-0.1, -0.05) is 28.1 Å². The number of hydrogen-bond donors (Lipinski definition) is 2. The fourth-order valence-corrected chi connectivity index (χ4v) is 3.03. The summed E-state index contributed by atoms with van der Waals surface area (Å²) in [7, 11) is -3.99. The summed E-state index contributed by atoms with van der Waals surface area (Å²) in [5.41, 5.74) is 0.951. The summed E-state index contributed by atoms with van der Waals surface area (Å²) in [6.45, 7) is -0.131. The smallest absolute Gasteiger partial charge is 0.264 e. The molecule has 2 aromatic rings. The fraction of sp³-hybridized carbons (Fsp3) is 0.0769. The number of sulfonamides is 1. The lowest BCUT2D eigenvalue weighted by molar-refractivity contribution is 0.282. The molecule has 0 amide bonds. The van der Waals surface area contributed by atoms with Crippen LogP contribution in [0, 0.1) is 5.82 Å². The molecule has 7 heteroatoms. The highest BCUT2D eigenvalue weighted by Crippen LogP contribution is 2.22. The highest BCUT2D eigenvalue weighted by Gasteiger charge is 2.19. The zero-order valence-electron chi connectivity index (χ0n) is 10.2. The molecule has 20 heavy (non-hydrogen) atoms. The molecular formula is C13H11BrFNO3S. The lowest BCUT2D eigenvalue weighted by Crippen LogP contribution is -2.14. The Morgan fingerprint density at radius 3 is 2.35 bits per heavy atom. The molecule has 0 aromatic heterocycles. The quantitative estimate of drug-likeness (QED) is 0.881. The Morgan fingerprint density at radius 1 is 1.15 bits per heavy atom. The van der Waals surface area contributed by atoms with Gasteiger partial charge in [0.15, 0.2) is 0 Å². The minimum Gasteiger partial charge on any atom is -0.392 e. The Bertz CT molecular complexity index is 717. The summed E-state index contributed by atoms with van der Waals surface area (Å²) in [6, 6.07) is 9.88. The summed E-state index contributed by atoms with van der Waals surface area (Å²) in [6.07, 6.45) is 0. The van der Waals surface area contributed by atoms with Crippen molar-refractivity contribution in [2.24, 2.45) is 0 Å². The normalized spacial score (nSPS) is 11.3. The van der Waals surface area contributed by atoms with Crippen molar-refractivity contribution in [3.05, 3.63) is 58.3 Å². The van der Waals surface area contributed by atoms with Gasteiger partial charge in [0.2, 0.25) is 0 Å². The number of benzene rings is 2. The summed E-state index contributed by atoms with van der Waals surface area (Å²) >= 11 is 3.07. The number of halogens is 2. The van der Waals surface area contributed by atoms with Crippen molar-refractivity contribution < 1.29 is 17.9 Å². The van der Waals surface area contributed by atoms with E-state index in [1.165, 1.54) is 24.3 Å². The van der Waals surface area contributed by atoms with Crippen LogP contribution < -0.4 is 4.72 Å². The zero-order chi connectivity index (χ0) is 14.8. The van der Waals surface area contributed by atoms with Crippen molar-refractivity contribution >= 4 is 31.6 Å². The van der Waals surface area contributed by atoms with E-state index in [1.54, 1.807) is 12.1 Å². The van der Waals surface area contributed by atoms with E-state index in [2.05, 4.69) is 20.7 Å². The van der Waals surface area contributed by atoms with E-state index in [1.807, 2.05) is 0 Å². The molecule has 0 aliphatic carbocycles. The molecule has 0 saturated carbocycles. The van der Waals surface area contributed by atoms with Crippen molar-refractivity contribution in [3.63, 3.8) is 0 Å². The molecule has 0 radical (unpaired) electrons. The predicted octanol–water partition coefficient (Wildman–Crippen LogP) is 2.88.